The summed E-state index contributed by atoms with van der Waals surface area (Å²) in [6, 6.07) is 8.64. The van der Waals surface area contributed by atoms with Gasteiger partial charge in [0.25, 0.3) is 0 Å². The molecule has 0 spiro atoms. The molecule has 1 saturated carbocycles. The molecule has 2 rings (SSSR count). The van der Waals surface area contributed by atoms with E-state index in [-0.39, 0.29) is 0 Å². The van der Waals surface area contributed by atoms with E-state index in [1.807, 2.05) is 0 Å². The van der Waals surface area contributed by atoms with Crippen molar-refractivity contribution < 1.29 is 5.11 Å². The molecule has 1 nitrogen and oxygen atoms in total. The molecule has 1 aliphatic rings. The van der Waals surface area contributed by atoms with Gasteiger partial charge in [-0.2, -0.15) is 0 Å². The summed E-state index contributed by atoms with van der Waals surface area (Å²) in [6.45, 7) is 6.69. The van der Waals surface area contributed by atoms with Crippen LogP contribution < -0.4 is 0 Å². The first-order chi connectivity index (χ1) is 9.05. The van der Waals surface area contributed by atoms with Gasteiger partial charge in [0.05, 0.1) is 5.60 Å². The molecule has 0 aliphatic heterocycles. The van der Waals surface area contributed by atoms with Crippen LogP contribution in [0, 0.1) is 5.92 Å². The van der Waals surface area contributed by atoms with Gasteiger partial charge >= 0.3 is 0 Å². The Morgan fingerprint density at radius 1 is 1.16 bits per heavy atom. The molecule has 106 valence electrons. The van der Waals surface area contributed by atoms with Crippen LogP contribution in [-0.4, -0.2) is 5.11 Å². The molecular weight excluding hydrogens is 232 g/mol. The van der Waals surface area contributed by atoms with Crippen molar-refractivity contribution in [1.29, 1.82) is 0 Å². The third-order valence-corrected chi connectivity index (χ3v) is 4.86. The minimum atomic E-state index is -0.584. The minimum Gasteiger partial charge on any atom is -0.385 e. The standard InChI is InChI=1S/C18H28O/c1-4-15-6-5-12-18(19,13-11-15)17-9-7-16(8-10-17)14(2)3/h7-10,14-15,19H,4-6,11-13H2,1-3H3. The Morgan fingerprint density at radius 3 is 2.42 bits per heavy atom. The van der Waals surface area contributed by atoms with Gasteiger partial charge in [0.15, 0.2) is 0 Å². The SMILES string of the molecule is CCC1CCCC(O)(c2ccc(C(C)C)cc2)CC1. The molecule has 1 aromatic carbocycles. The van der Waals surface area contributed by atoms with E-state index in [2.05, 4.69) is 45.0 Å². The average molecular weight is 260 g/mol. The van der Waals surface area contributed by atoms with E-state index in [1.165, 1.54) is 24.8 Å². The molecule has 2 atom stereocenters. The van der Waals surface area contributed by atoms with Crippen LogP contribution in [0.15, 0.2) is 24.3 Å². The lowest BCUT2D eigenvalue weighted by molar-refractivity contribution is 0.0196. The fourth-order valence-corrected chi connectivity index (χ4v) is 3.27. The van der Waals surface area contributed by atoms with Crippen molar-refractivity contribution in [3.63, 3.8) is 0 Å². The maximum absolute atomic E-state index is 11.0. The van der Waals surface area contributed by atoms with Crippen LogP contribution >= 0.6 is 0 Å². The molecule has 1 aromatic rings. The average Bonchev–Trinajstić information content (AvgIpc) is 2.61. The van der Waals surface area contributed by atoms with Gasteiger partial charge in [-0.05, 0) is 48.6 Å². The molecule has 1 N–H and O–H groups in total. The van der Waals surface area contributed by atoms with Crippen LogP contribution in [-0.2, 0) is 5.60 Å². The zero-order valence-electron chi connectivity index (χ0n) is 12.7. The van der Waals surface area contributed by atoms with Crippen molar-refractivity contribution in [2.24, 2.45) is 5.92 Å². The monoisotopic (exact) mass is 260 g/mol. The highest BCUT2D eigenvalue weighted by Crippen LogP contribution is 2.38. The topological polar surface area (TPSA) is 20.2 Å². The fraction of sp³-hybridized carbons (Fsp3) is 0.667. The zero-order valence-corrected chi connectivity index (χ0v) is 12.7. The van der Waals surface area contributed by atoms with Crippen LogP contribution in [0.2, 0.25) is 0 Å². The van der Waals surface area contributed by atoms with Crippen LogP contribution in [0.4, 0.5) is 0 Å². The summed E-state index contributed by atoms with van der Waals surface area (Å²) in [6.07, 6.45) is 6.70. The summed E-state index contributed by atoms with van der Waals surface area (Å²) >= 11 is 0. The quantitative estimate of drug-likeness (QED) is 0.759. The van der Waals surface area contributed by atoms with E-state index in [9.17, 15) is 5.11 Å². The number of aliphatic hydroxyl groups is 1. The maximum Gasteiger partial charge on any atom is 0.0896 e. The maximum atomic E-state index is 11.0. The molecule has 19 heavy (non-hydrogen) atoms. The summed E-state index contributed by atoms with van der Waals surface area (Å²) in [5.41, 5.74) is 1.89. The van der Waals surface area contributed by atoms with E-state index in [1.54, 1.807) is 0 Å². The predicted octanol–water partition coefficient (Wildman–Crippen LogP) is 4.99. The Balaban J connectivity index is 2.14. The fourth-order valence-electron chi connectivity index (χ4n) is 3.27. The van der Waals surface area contributed by atoms with E-state index in [0.717, 1.165) is 30.7 Å². The predicted molar refractivity (Wildman–Crippen MR) is 81.3 cm³/mol. The Kier molecular flexibility index (Phi) is 4.67. The number of benzene rings is 1. The Labute approximate surface area is 118 Å². The van der Waals surface area contributed by atoms with Crippen molar-refractivity contribution in [3.05, 3.63) is 35.4 Å². The normalized spacial score (nSPS) is 28.4. The zero-order chi connectivity index (χ0) is 13.9. The molecular formula is C18H28O. The van der Waals surface area contributed by atoms with Crippen molar-refractivity contribution in [1.82, 2.24) is 0 Å². The van der Waals surface area contributed by atoms with Gasteiger partial charge in [0.1, 0.15) is 0 Å². The van der Waals surface area contributed by atoms with Crippen molar-refractivity contribution in [2.45, 2.75) is 70.8 Å². The van der Waals surface area contributed by atoms with Gasteiger partial charge in [-0.3, -0.25) is 0 Å². The van der Waals surface area contributed by atoms with Crippen molar-refractivity contribution in [2.75, 3.05) is 0 Å². The van der Waals surface area contributed by atoms with Crippen LogP contribution in [0.1, 0.15) is 76.3 Å². The van der Waals surface area contributed by atoms with E-state index in [0.29, 0.717) is 5.92 Å². The lowest BCUT2D eigenvalue weighted by Gasteiger charge is -2.27. The molecule has 0 aromatic heterocycles. The van der Waals surface area contributed by atoms with Crippen molar-refractivity contribution in [3.8, 4) is 0 Å². The second-order valence-electron chi connectivity index (χ2n) is 6.51. The van der Waals surface area contributed by atoms with Crippen molar-refractivity contribution >= 4 is 0 Å². The highest BCUT2D eigenvalue weighted by Gasteiger charge is 2.32. The first kappa shape index (κ1) is 14.6. The van der Waals surface area contributed by atoms with Gasteiger partial charge in [0.2, 0.25) is 0 Å². The second kappa shape index (κ2) is 6.09. The molecule has 0 heterocycles. The molecule has 1 heteroatoms. The van der Waals surface area contributed by atoms with Gasteiger partial charge in [-0.25, -0.2) is 0 Å². The largest absolute Gasteiger partial charge is 0.385 e. The smallest absolute Gasteiger partial charge is 0.0896 e. The number of hydrogen-bond donors (Lipinski definition) is 1. The van der Waals surface area contributed by atoms with E-state index < -0.39 is 5.60 Å². The summed E-state index contributed by atoms with van der Waals surface area (Å²) in [4.78, 5) is 0. The summed E-state index contributed by atoms with van der Waals surface area (Å²) in [5, 5.41) is 11.0. The van der Waals surface area contributed by atoms with E-state index in [4.69, 9.17) is 0 Å². The molecule has 0 saturated heterocycles. The Hall–Kier alpha value is -0.820. The van der Waals surface area contributed by atoms with Gasteiger partial charge in [0, 0.05) is 0 Å². The first-order valence-corrected chi connectivity index (χ1v) is 7.88. The lowest BCUT2D eigenvalue weighted by atomic mass is 9.85. The third-order valence-electron chi connectivity index (χ3n) is 4.86. The molecule has 1 aliphatic carbocycles. The van der Waals surface area contributed by atoms with Crippen LogP contribution in [0.3, 0.4) is 0 Å². The summed E-state index contributed by atoms with van der Waals surface area (Å²) < 4.78 is 0. The summed E-state index contributed by atoms with van der Waals surface area (Å²) in [5.74, 6) is 1.37. The minimum absolute atomic E-state index is 0.558. The van der Waals surface area contributed by atoms with Gasteiger partial charge < -0.3 is 5.11 Å². The van der Waals surface area contributed by atoms with Crippen LogP contribution in [0.25, 0.3) is 0 Å². The molecule has 2 unspecified atom stereocenters. The summed E-state index contributed by atoms with van der Waals surface area (Å²) in [7, 11) is 0. The van der Waals surface area contributed by atoms with Crippen LogP contribution in [0.5, 0.6) is 0 Å². The Bertz CT molecular complexity index is 393. The number of rotatable bonds is 3. The highest BCUT2D eigenvalue weighted by atomic mass is 16.3. The number of hydrogen-bond acceptors (Lipinski definition) is 1. The van der Waals surface area contributed by atoms with Gasteiger partial charge in [-0.15, -0.1) is 0 Å². The molecule has 0 bridgehead atoms. The van der Waals surface area contributed by atoms with Gasteiger partial charge in [-0.1, -0.05) is 57.9 Å². The third kappa shape index (κ3) is 3.39. The Morgan fingerprint density at radius 2 is 1.84 bits per heavy atom. The molecule has 1 fully saturated rings. The highest BCUT2D eigenvalue weighted by molar-refractivity contribution is 5.29. The lowest BCUT2D eigenvalue weighted by Crippen LogP contribution is -2.24. The first-order valence-electron chi connectivity index (χ1n) is 7.88. The molecule has 0 amide bonds. The molecule has 0 radical (unpaired) electrons. The van der Waals surface area contributed by atoms with E-state index >= 15 is 0 Å². The second-order valence-corrected chi connectivity index (χ2v) is 6.51.